The van der Waals surface area contributed by atoms with Crippen LogP contribution >= 0.6 is 27.3 Å². The van der Waals surface area contributed by atoms with Crippen molar-refractivity contribution in [3.05, 3.63) is 20.8 Å². The third-order valence-electron chi connectivity index (χ3n) is 4.50. The SMILES string of the molecule is CC1CN(Cc2sccc2Br)C2(CCCC2)CN1. The van der Waals surface area contributed by atoms with Crippen molar-refractivity contribution in [1.29, 1.82) is 0 Å². The van der Waals surface area contributed by atoms with E-state index in [1.807, 2.05) is 11.3 Å². The van der Waals surface area contributed by atoms with E-state index in [-0.39, 0.29) is 0 Å². The molecule has 2 fully saturated rings. The molecule has 0 aromatic carbocycles. The summed E-state index contributed by atoms with van der Waals surface area (Å²) in [7, 11) is 0. The topological polar surface area (TPSA) is 15.3 Å². The number of thiophene rings is 1. The van der Waals surface area contributed by atoms with E-state index in [1.165, 1.54) is 48.1 Å². The Morgan fingerprint density at radius 3 is 2.94 bits per heavy atom. The monoisotopic (exact) mass is 328 g/mol. The number of hydrogen-bond acceptors (Lipinski definition) is 3. The molecule has 18 heavy (non-hydrogen) atoms. The first-order chi connectivity index (χ1) is 8.70. The van der Waals surface area contributed by atoms with Gasteiger partial charge < -0.3 is 5.32 Å². The fraction of sp³-hybridized carbons (Fsp3) is 0.714. The molecule has 1 saturated heterocycles. The summed E-state index contributed by atoms with van der Waals surface area (Å²) < 4.78 is 1.28. The number of nitrogens with zero attached hydrogens (tertiary/aromatic N) is 1. The van der Waals surface area contributed by atoms with Crippen molar-refractivity contribution in [2.24, 2.45) is 0 Å². The summed E-state index contributed by atoms with van der Waals surface area (Å²) in [6, 6.07) is 2.79. The number of nitrogens with one attached hydrogen (secondary N) is 1. The fourth-order valence-corrected chi connectivity index (χ4v) is 4.93. The van der Waals surface area contributed by atoms with Gasteiger partial charge in [0.25, 0.3) is 0 Å². The molecule has 1 unspecified atom stereocenters. The second-order valence-electron chi connectivity index (χ2n) is 5.79. The van der Waals surface area contributed by atoms with Crippen molar-refractivity contribution in [3.8, 4) is 0 Å². The first-order valence-corrected chi connectivity index (χ1v) is 8.57. The summed E-state index contributed by atoms with van der Waals surface area (Å²) in [6.07, 6.45) is 5.54. The zero-order chi connectivity index (χ0) is 12.6. The number of piperazine rings is 1. The smallest absolute Gasteiger partial charge is 0.0346 e. The van der Waals surface area contributed by atoms with Crippen LogP contribution in [0.2, 0.25) is 0 Å². The van der Waals surface area contributed by atoms with Gasteiger partial charge in [-0.25, -0.2) is 0 Å². The Balaban J connectivity index is 1.80. The Hall–Kier alpha value is 0.1000. The lowest BCUT2D eigenvalue weighted by Gasteiger charge is -2.47. The molecule has 1 aromatic rings. The minimum Gasteiger partial charge on any atom is -0.311 e. The molecule has 2 nitrogen and oxygen atoms in total. The van der Waals surface area contributed by atoms with Crippen LogP contribution in [0.5, 0.6) is 0 Å². The Bertz CT molecular complexity index is 412. The summed E-state index contributed by atoms with van der Waals surface area (Å²) in [4.78, 5) is 4.23. The summed E-state index contributed by atoms with van der Waals surface area (Å²) >= 11 is 5.55. The Morgan fingerprint density at radius 1 is 1.50 bits per heavy atom. The molecule has 0 bridgehead atoms. The van der Waals surface area contributed by atoms with Crippen molar-refractivity contribution in [2.45, 2.75) is 50.7 Å². The molecule has 4 heteroatoms. The molecule has 0 radical (unpaired) electrons. The van der Waals surface area contributed by atoms with Crippen LogP contribution in [0.1, 0.15) is 37.5 Å². The molecule has 2 heterocycles. The van der Waals surface area contributed by atoms with Crippen LogP contribution < -0.4 is 5.32 Å². The average molecular weight is 329 g/mol. The average Bonchev–Trinajstić information content (AvgIpc) is 2.96. The Morgan fingerprint density at radius 2 is 2.28 bits per heavy atom. The Kier molecular flexibility index (Phi) is 3.81. The van der Waals surface area contributed by atoms with Crippen molar-refractivity contribution >= 4 is 27.3 Å². The lowest BCUT2D eigenvalue weighted by molar-refractivity contribution is 0.0400. The summed E-state index contributed by atoms with van der Waals surface area (Å²) in [5.41, 5.74) is 0.440. The van der Waals surface area contributed by atoms with Gasteiger partial charge in [0.05, 0.1) is 0 Å². The number of hydrogen-bond donors (Lipinski definition) is 1. The van der Waals surface area contributed by atoms with Crippen molar-refractivity contribution in [1.82, 2.24) is 10.2 Å². The summed E-state index contributed by atoms with van der Waals surface area (Å²) in [5, 5.41) is 5.88. The third-order valence-corrected chi connectivity index (χ3v) is 6.42. The van der Waals surface area contributed by atoms with E-state index < -0.39 is 0 Å². The standard InChI is InChI=1S/C14H21BrN2S/c1-11-8-17(9-13-12(15)4-7-18-13)14(10-16-11)5-2-3-6-14/h4,7,11,16H,2-3,5-6,8-10H2,1H3. The first-order valence-electron chi connectivity index (χ1n) is 6.90. The Labute approximate surface area is 122 Å². The van der Waals surface area contributed by atoms with Gasteiger partial charge in [-0.15, -0.1) is 11.3 Å². The molecular formula is C14H21BrN2S. The molecule has 1 N–H and O–H groups in total. The predicted molar refractivity (Wildman–Crippen MR) is 81.1 cm³/mol. The van der Waals surface area contributed by atoms with E-state index in [9.17, 15) is 0 Å². The molecular weight excluding hydrogens is 308 g/mol. The van der Waals surface area contributed by atoms with Crippen LogP contribution in [0.3, 0.4) is 0 Å². The minimum atomic E-state index is 0.440. The van der Waals surface area contributed by atoms with Gasteiger partial charge in [0.2, 0.25) is 0 Å². The van der Waals surface area contributed by atoms with Gasteiger partial charge >= 0.3 is 0 Å². The minimum absolute atomic E-state index is 0.440. The second-order valence-corrected chi connectivity index (χ2v) is 7.64. The fourth-order valence-electron chi connectivity index (χ4n) is 3.43. The maximum atomic E-state index is 3.69. The van der Waals surface area contributed by atoms with Crippen LogP contribution in [0.4, 0.5) is 0 Å². The van der Waals surface area contributed by atoms with E-state index in [4.69, 9.17) is 0 Å². The van der Waals surface area contributed by atoms with Crippen molar-refractivity contribution in [2.75, 3.05) is 13.1 Å². The lowest BCUT2D eigenvalue weighted by Crippen LogP contribution is -2.62. The molecule has 1 aliphatic carbocycles. The zero-order valence-corrected chi connectivity index (χ0v) is 13.3. The molecule has 2 aliphatic rings. The predicted octanol–water partition coefficient (Wildman–Crippen LogP) is 3.62. The van der Waals surface area contributed by atoms with Gasteiger partial charge in [-0.3, -0.25) is 4.90 Å². The number of halogens is 1. The molecule has 1 aromatic heterocycles. The van der Waals surface area contributed by atoms with Crippen LogP contribution in [0.15, 0.2) is 15.9 Å². The first kappa shape index (κ1) is 13.1. The maximum absolute atomic E-state index is 3.69. The van der Waals surface area contributed by atoms with Crippen LogP contribution in [0, 0.1) is 0 Å². The molecule has 100 valence electrons. The highest BCUT2D eigenvalue weighted by molar-refractivity contribution is 9.10. The van der Waals surface area contributed by atoms with Gasteiger partial charge in [-0.2, -0.15) is 0 Å². The molecule has 1 saturated carbocycles. The zero-order valence-electron chi connectivity index (χ0n) is 10.9. The third kappa shape index (κ3) is 2.40. The summed E-state index contributed by atoms with van der Waals surface area (Å²) in [6.45, 7) is 5.78. The quantitative estimate of drug-likeness (QED) is 0.892. The van der Waals surface area contributed by atoms with Crippen molar-refractivity contribution < 1.29 is 0 Å². The van der Waals surface area contributed by atoms with Gasteiger partial charge in [0, 0.05) is 40.6 Å². The van der Waals surface area contributed by atoms with Gasteiger partial charge in [0.1, 0.15) is 0 Å². The van der Waals surface area contributed by atoms with E-state index in [1.54, 1.807) is 0 Å². The van der Waals surface area contributed by atoms with Gasteiger partial charge in [0.15, 0.2) is 0 Å². The molecule has 1 spiro atoms. The van der Waals surface area contributed by atoms with Gasteiger partial charge in [-0.05, 0) is 47.1 Å². The highest BCUT2D eigenvalue weighted by atomic mass is 79.9. The summed E-state index contributed by atoms with van der Waals surface area (Å²) in [5.74, 6) is 0. The van der Waals surface area contributed by atoms with Gasteiger partial charge in [-0.1, -0.05) is 12.8 Å². The largest absolute Gasteiger partial charge is 0.311 e. The highest BCUT2D eigenvalue weighted by Crippen LogP contribution is 2.38. The lowest BCUT2D eigenvalue weighted by atomic mass is 9.91. The van der Waals surface area contributed by atoms with E-state index in [0.29, 0.717) is 11.6 Å². The van der Waals surface area contributed by atoms with Crippen LogP contribution in [-0.2, 0) is 6.54 Å². The van der Waals surface area contributed by atoms with E-state index in [0.717, 1.165) is 6.54 Å². The second kappa shape index (κ2) is 5.23. The molecule has 1 aliphatic heterocycles. The van der Waals surface area contributed by atoms with E-state index in [2.05, 4.69) is 44.5 Å². The molecule has 1 atom stereocenters. The normalized spacial score (nSPS) is 28.0. The van der Waals surface area contributed by atoms with Crippen LogP contribution in [0.25, 0.3) is 0 Å². The van der Waals surface area contributed by atoms with Crippen LogP contribution in [-0.4, -0.2) is 29.6 Å². The van der Waals surface area contributed by atoms with E-state index >= 15 is 0 Å². The molecule has 0 amide bonds. The van der Waals surface area contributed by atoms with Crippen molar-refractivity contribution in [3.63, 3.8) is 0 Å². The molecule has 3 rings (SSSR count). The number of rotatable bonds is 2. The highest BCUT2D eigenvalue weighted by Gasteiger charge is 2.42. The maximum Gasteiger partial charge on any atom is 0.0346 e.